The Balaban J connectivity index is 4.68. The topological polar surface area (TPSA) is 161 Å². The van der Waals surface area contributed by atoms with Crippen LogP contribution >= 0.6 is 0 Å². The molecular weight excluding hydrogens is 248 g/mol. The number of aliphatic carboxylic acids is 2. The molecule has 0 spiro atoms. The summed E-state index contributed by atoms with van der Waals surface area (Å²) in [5.74, 6) is -5.20. The van der Waals surface area contributed by atoms with Crippen LogP contribution in [0.2, 0.25) is 0 Å². The fourth-order valence-corrected chi connectivity index (χ4v) is 1.02. The lowest BCUT2D eigenvalue weighted by Crippen LogP contribution is -2.43. The van der Waals surface area contributed by atoms with E-state index in [9.17, 15) is 28.3 Å². The molecule has 0 aliphatic heterocycles. The first-order valence-electron chi connectivity index (χ1n) is 3.65. The van der Waals surface area contributed by atoms with Gasteiger partial charge in [-0.3, -0.25) is 9.59 Å². The molecule has 0 amide bonds. The molecule has 3 N–H and O–H groups in total. The molecule has 0 fully saturated rings. The van der Waals surface area contributed by atoms with Crippen molar-refractivity contribution in [3.63, 3.8) is 0 Å². The van der Waals surface area contributed by atoms with E-state index < -0.39 is 47.7 Å². The zero-order valence-corrected chi connectivity index (χ0v) is 8.43. The molecule has 0 aliphatic carbocycles. The van der Waals surface area contributed by atoms with Gasteiger partial charge in [0.15, 0.2) is 5.60 Å². The number of rotatable bonds is 6. The van der Waals surface area contributed by atoms with Crippen LogP contribution in [0.25, 0.3) is 0 Å². The van der Waals surface area contributed by atoms with Crippen LogP contribution in [0.15, 0.2) is 0 Å². The molecule has 0 radical (unpaired) electrons. The normalized spacial score (nSPS) is 15.9. The minimum atomic E-state index is -3.21. The third-order valence-electron chi connectivity index (χ3n) is 1.44. The van der Waals surface area contributed by atoms with Gasteiger partial charge in [-0.15, -0.1) is 0 Å². The summed E-state index contributed by atoms with van der Waals surface area (Å²) in [5.41, 5.74) is -2.90. The van der Waals surface area contributed by atoms with Gasteiger partial charge in [0.1, 0.15) is 11.4 Å². The highest BCUT2D eigenvalue weighted by Gasteiger charge is 2.41. The van der Waals surface area contributed by atoms with Gasteiger partial charge in [-0.25, -0.2) is 9.00 Å². The second-order valence-electron chi connectivity index (χ2n) is 2.74. The number of carboxylic acid groups (broad SMARTS) is 2. The van der Waals surface area contributed by atoms with E-state index in [1.54, 1.807) is 0 Å². The second-order valence-corrected chi connectivity index (χ2v) is 3.32. The summed E-state index contributed by atoms with van der Waals surface area (Å²) in [7, 11) is 0. The zero-order chi connectivity index (χ0) is 12.9. The van der Waals surface area contributed by atoms with Crippen LogP contribution in [0.3, 0.4) is 0 Å². The molecule has 16 heavy (non-hydrogen) atoms. The van der Waals surface area contributed by atoms with E-state index in [4.69, 9.17) is 10.2 Å². The standard InChI is InChI=1S/C6H8O9S/c7-3(8)1-6(12,5(10)11)2-4(9)15-16(13)14/h12H,1-2H2,(H,7,8)(H,10,11)(H,13,14)/p-1. The summed E-state index contributed by atoms with van der Waals surface area (Å²) in [6.45, 7) is 0. The molecule has 92 valence electrons. The molecular formula is C6H7O9S-. The van der Waals surface area contributed by atoms with Crippen LogP contribution in [0.5, 0.6) is 0 Å². The summed E-state index contributed by atoms with van der Waals surface area (Å²) in [5, 5.41) is 26.0. The minimum Gasteiger partial charge on any atom is -0.740 e. The van der Waals surface area contributed by atoms with Crippen molar-refractivity contribution in [3.05, 3.63) is 0 Å². The Hall–Kier alpha value is -1.52. The van der Waals surface area contributed by atoms with E-state index in [0.29, 0.717) is 0 Å². The molecule has 9 nitrogen and oxygen atoms in total. The lowest BCUT2D eigenvalue weighted by molar-refractivity contribution is -0.169. The van der Waals surface area contributed by atoms with Crippen molar-refractivity contribution < 1.29 is 42.6 Å². The molecule has 0 rings (SSSR count). The smallest absolute Gasteiger partial charge is 0.336 e. The summed E-state index contributed by atoms with van der Waals surface area (Å²) in [4.78, 5) is 31.5. The van der Waals surface area contributed by atoms with Crippen LogP contribution < -0.4 is 0 Å². The largest absolute Gasteiger partial charge is 0.740 e. The molecule has 0 aromatic carbocycles. The summed E-state index contributed by atoms with van der Waals surface area (Å²) >= 11 is -3.21. The Labute approximate surface area is 91.1 Å². The number of hydrogen-bond donors (Lipinski definition) is 3. The fraction of sp³-hybridized carbons (Fsp3) is 0.500. The van der Waals surface area contributed by atoms with Gasteiger partial charge in [0.25, 0.3) is 0 Å². The number of carbonyl (C=O) groups is 3. The summed E-state index contributed by atoms with van der Waals surface area (Å²) in [6, 6.07) is 0. The van der Waals surface area contributed by atoms with Crippen LogP contribution in [0.1, 0.15) is 12.8 Å². The molecule has 0 aromatic heterocycles. The lowest BCUT2D eigenvalue weighted by atomic mass is 9.96. The first-order chi connectivity index (χ1) is 7.17. The number of aliphatic hydroxyl groups is 1. The van der Waals surface area contributed by atoms with Gasteiger partial charge in [-0.1, -0.05) is 0 Å². The highest BCUT2D eigenvalue weighted by Crippen LogP contribution is 2.17. The van der Waals surface area contributed by atoms with Crippen molar-refractivity contribution in [2.24, 2.45) is 0 Å². The maximum atomic E-state index is 10.7. The van der Waals surface area contributed by atoms with E-state index in [1.807, 2.05) is 0 Å². The van der Waals surface area contributed by atoms with Crippen molar-refractivity contribution >= 4 is 29.3 Å². The first kappa shape index (κ1) is 14.5. The fourth-order valence-electron chi connectivity index (χ4n) is 0.808. The Morgan fingerprint density at radius 1 is 1.25 bits per heavy atom. The van der Waals surface area contributed by atoms with Crippen molar-refractivity contribution in [3.8, 4) is 0 Å². The monoisotopic (exact) mass is 255 g/mol. The van der Waals surface area contributed by atoms with E-state index in [1.165, 1.54) is 0 Å². The maximum absolute atomic E-state index is 10.7. The predicted molar refractivity (Wildman–Crippen MR) is 44.5 cm³/mol. The molecule has 0 saturated carbocycles. The van der Waals surface area contributed by atoms with Crippen molar-refractivity contribution in [2.45, 2.75) is 18.4 Å². The zero-order valence-electron chi connectivity index (χ0n) is 7.61. The Bertz CT molecular complexity index is 337. The number of carbonyl (C=O) groups excluding carboxylic acids is 1. The Morgan fingerprint density at radius 3 is 2.06 bits per heavy atom. The van der Waals surface area contributed by atoms with Gasteiger partial charge in [-0.05, 0) is 0 Å². The van der Waals surface area contributed by atoms with Gasteiger partial charge in [-0.2, -0.15) is 0 Å². The average Bonchev–Trinajstić information content (AvgIpc) is 1.98. The molecule has 0 aliphatic rings. The van der Waals surface area contributed by atoms with Crippen LogP contribution in [-0.2, 0) is 29.9 Å². The molecule has 2 unspecified atom stereocenters. The molecule has 0 aromatic rings. The molecule has 0 bridgehead atoms. The minimum absolute atomic E-state index is 1.26. The second kappa shape index (κ2) is 5.53. The number of hydrogen-bond acceptors (Lipinski definition) is 7. The number of carboxylic acids is 2. The molecule has 2 atom stereocenters. The molecule has 0 saturated heterocycles. The summed E-state index contributed by atoms with van der Waals surface area (Å²) < 4.78 is 23.3. The van der Waals surface area contributed by atoms with Crippen molar-refractivity contribution in [1.82, 2.24) is 0 Å². The Kier molecular flexibility index (Phi) is 5.01. The maximum Gasteiger partial charge on any atom is 0.336 e. The van der Waals surface area contributed by atoms with Gasteiger partial charge in [0, 0.05) is 0 Å². The SMILES string of the molecule is O=C(O)CC(O)(CC(=O)OS(=O)[O-])C(=O)O. The molecule has 0 heterocycles. The van der Waals surface area contributed by atoms with Crippen molar-refractivity contribution in [2.75, 3.05) is 0 Å². The Morgan fingerprint density at radius 2 is 1.75 bits per heavy atom. The van der Waals surface area contributed by atoms with Crippen molar-refractivity contribution in [1.29, 1.82) is 0 Å². The third-order valence-corrected chi connectivity index (χ3v) is 1.76. The van der Waals surface area contributed by atoms with E-state index in [0.717, 1.165) is 0 Å². The highest BCUT2D eigenvalue weighted by atomic mass is 32.2. The first-order valence-corrected chi connectivity index (χ1v) is 4.65. The van der Waals surface area contributed by atoms with Crippen LogP contribution in [0.4, 0.5) is 0 Å². The van der Waals surface area contributed by atoms with E-state index in [-0.39, 0.29) is 0 Å². The van der Waals surface area contributed by atoms with E-state index >= 15 is 0 Å². The van der Waals surface area contributed by atoms with Gasteiger partial charge < -0.3 is 24.1 Å². The van der Waals surface area contributed by atoms with Gasteiger partial charge in [0.05, 0.1) is 12.8 Å². The molecule has 10 heteroatoms. The third kappa shape index (κ3) is 4.82. The predicted octanol–water partition coefficient (Wildman–Crippen LogP) is -2.00. The van der Waals surface area contributed by atoms with Crippen LogP contribution in [0, 0.1) is 0 Å². The lowest BCUT2D eigenvalue weighted by Gasteiger charge is -2.20. The van der Waals surface area contributed by atoms with Crippen LogP contribution in [-0.4, -0.2) is 47.6 Å². The van der Waals surface area contributed by atoms with Gasteiger partial charge in [0.2, 0.25) is 0 Å². The quantitative estimate of drug-likeness (QED) is 0.456. The van der Waals surface area contributed by atoms with E-state index in [2.05, 4.69) is 4.18 Å². The average molecular weight is 255 g/mol. The van der Waals surface area contributed by atoms with Gasteiger partial charge >= 0.3 is 17.9 Å². The summed E-state index contributed by atoms with van der Waals surface area (Å²) in [6.07, 6.45) is -2.55. The highest BCUT2D eigenvalue weighted by molar-refractivity contribution is 7.74.